The summed E-state index contributed by atoms with van der Waals surface area (Å²) >= 11 is 0. The molecule has 1 N–H and O–H groups in total. The Morgan fingerprint density at radius 1 is 1.26 bits per heavy atom. The SMILES string of the molecule is COc1ccc(C(=O)CNC(=O)C(C)(C)C)cc1C. The normalized spacial score (nSPS) is 11.0. The van der Waals surface area contributed by atoms with Crippen molar-refractivity contribution in [3.05, 3.63) is 29.3 Å². The predicted octanol–water partition coefficient (Wildman–Crippen LogP) is 2.35. The van der Waals surface area contributed by atoms with Crippen LogP contribution in [-0.4, -0.2) is 25.3 Å². The van der Waals surface area contributed by atoms with E-state index in [1.165, 1.54) is 0 Å². The number of carbonyl (C=O) groups is 2. The molecule has 0 saturated carbocycles. The van der Waals surface area contributed by atoms with Crippen LogP contribution >= 0.6 is 0 Å². The van der Waals surface area contributed by atoms with Gasteiger partial charge in [0.1, 0.15) is 5.75 Å². The molecule has 1 aromatic rings. The van der Waals surface area contributed by atoms with Crippen LogP contribution in [-0.2, 0) is 4.79 Å². The Morgan fingerprint density at radius 2 is 1.89 bits per heavy atom. The van der Waals surface area contributed by atoms with Gasteiger partial charge >= 0.3 is 0 Å². The van der Waals surface area contributed by atoms with E-state index in [9.17, 15) is 9.59 Å². The van der Waals surface area contributed by atoms with Gasteiger partial charge in [0, 0.05) is 11.0 Å². The molecule has 104 valence electrons. The molecular formula is C15H21NO3. The highest BCUT2D eigenvalue weighted by Gasteiger charge is 2.21. The molecule has 1 aromatic carbocycles. The summed E-state index contributed by atoms with van der Waals surface area (Å²) in [6.07, 6.45) is 0. The first-order valence-corrected chi connectivity index (χ1v) is 6.22. The van der Waals surface area contributed by atoms with E-state index in [1.54, 1.807) is 25.3 Å². The molecule has 0 atom stereocenters. The Bertz CT molecular complexity index is 487. The molecule has 0 aliphatic carbocycles. The maximum atomic E-state index is 12.0. The lowest BCUT2D eigenvalue weighted by Gasteiger charge is -2.17. The number of rotatable bonds is 4. The van der Waals surface area contributed by atoms with Crippen molar-refractivity contribution in [2.45, 2.75) is 27.7 Å². The zero-order valence-corrected chi connectivity index (χ0v) is 12.2. The number of carbonyl (C=O) groups excluding carboxylic acids is 2. The van der Waals surface area contributed by atoms with Gasteiger partial charge in [0.15, 0.2) is 5.78 Å². The first kappa shape index (κ1) is 15.2. The Hall–Kier alpha value is -1.84. The third kappa shape index (κ3) is 4.09. The Balaban J connectivity index is 2.69. The summed E-state index contributed by atoms with van der Waals surface area (Å²) in [6.45, 7) is 7.32. The third-order valence-electron chi connectivity index (χ3n) is 2.81. The van der Waals surface area contributed by atoms with Gasteiger partial charge in [-0.05, 0) is 30.7 Å². The van der Waals surface area contributed by atoms with E-state index in [0.29, 0.717) is 5.56 Å². The van der Waals surface area contributed by atoms with Crippen molar-refractivity contribution in [1.82, 2.24) is 5.32 Å². The topological polar surface area (TPSA) is 55.4 Å². The standard InChI is InChI=1S/C15H21NO3/c1-10-8-11(6-7-13(10)19-5)12(17)9-16-14(18)15(2,3)4/h6-8H,9H2,1-5H3,(H,16,18). The van der Waals surface area contributed by atoms with E-state index in [0.717, 1.165) is 11.3 Å². The van der Waals surface area contributed by atoms with E-state index in [2.05, 4.69) is 5.32 Å². The van der Waals surface area contributed by atoms with Crippen molar-refractivity contribution in [1.29, 1.82) is 0 Å². The van der Waals surface area contributed by atoms with Crippen LogP contribution in [0.5, 0.6) is 5.75 Å². The third-order valence-corrected chi connectivity index (χ3v) is 2.81. The van der Waals surface area contributed by atoms with Gasteiger partial charge in [-0.3, -0.25) is 9.59 Å². The minimum Gasteiger partial charge on any atom is -0.496 e. The molecule has 0 unspecified atom stereocenters. The average molecular weight is 263 g/mol. The number of ketones is 1. The molecule has 0 aliphatic rings. The first-order chi connectivity index (χ1) is 8.75. The maximum absolute atomic E-state index is 12.0. The number of hydrogen-bond donors (Lipinski definition) is 1. The largest absolute Gasteiger partial charge is 0.496 e. The van der Waals surface area contributed by atoms with Crippen molar-refractivity contribution in [2.75, 3.05) is 13.7 Å². The second-order valence-corrected chi connectivity index (χ2v) is 5.54. The fraction of sp³-hybridized carbons (Fsp3) is 0.467. The number of aryl methyl sites for hydroxylation is 1. The number of Topliss-reactive ketones (excluding diaryl/α,β-unsaturated/α-hetero) is 1. The molecule has 4 nitrogen and oxygen atoms in total. The molecule has 0 fully saturated rings. The Morgan fingerprint density at radius 3 is 2.37 bits per heavy atom. The molecule has 1 amide bonds. The smallest absolute Gasteiger partial charge is 0.225 e. The van der Waals surface area contributed by atoms with Gasteiger partial charge in [0.05, 0.1) is 13.7 Å². The van der Waals surface area contributed by atoms with Crippen molar-refractivity contribution in [3.63, 3.8) is 0 Å². The summed E-state index contributed by atoms with van der Waals surface area (Å²) in [4.78, 5) is 23.7. The lowest BCUT2D eigenvalue weighted by Crippen LogP contribution is -2.37. The predicted molar refractivity (Wildman–Crippen MR) is 74.5 cm³/mol. The van der Waals surface area contributed by atoms with Crippen LogP contribution in [0.15, 0.2) is 18.2 Å². The van der Waals surface area contributed by atoms with Crippen molar-refractivity contribution in [3.8, 4) is 5.75 Å². The van der Waals surface area contributed by atoms with E-state index in [4.69, 9.17) is 4.74 Å². The molecule has 0 radical (unpaired) electrons. The van der Waals surface area contributed by atoms with Crippen LogP contribution in [0.25, 0.3) is 0 Å². The quantitative estimate of drug-likeness (QED) is 0.848. The van der Waals surface area contributed by atoms with Crippen LogP contribution in [0.2, 0.25) is 0 Å². The molecule has 0 bridgehead atoms. The number of benzene rings is 1. The van der Waals surface area contributed by atoms with Crippen LogP contribution in [0.3, 0.4) is 0 Å². The summed E-state index contributed by atoms with van der Waals surface area (Å²) < 4.78 is 5.14. The lowest BCUT2D eigenvalue weighted by molar-refractivity contribution is -0.128. The summed E-state index contributed by atoms with van der Waals surface area (Å²) in [6, 6.07) is 5.23. The van der Waals surface area contributed by atoms with Gasteiger partial charge in [-0.2, -0.15) is 0 Å². The van der Waals surface area contributed by atoms with Crippen LogP contribution < -0.4 is 10.1 Å². The van der Waals surface area contributed by atoms with Crippen LogP contribution in [0.1, 0.15) is 36.7 Å². The van der Waals surface area contributed by atoms with E-state index >= 15 is 0 Å². The fourth-order valence-electron chi connectivity index (χ4n) is 1.58. The number of hydrogen-bond acceptors (Lipinski definition) is 3. The zero-order chi connectivity index (χ0) is 14.6. The van der Waals surface area contributed by atoms with Crippen molar-refractivity contribution >= 4 is 11.7 Å². The van der Waals surface area contributed by atoms with Gasteiger partial charge in [-0.15, -0.1) is 0 Å². The lowest BCUT2D eigenvalue weighted by atomic mass is 9.95. The van der Waals surface area contributed by atoms with E-state index < -0.39 is 5.41 Å². The number of nitrogens with one attached hydrogen (secondary N) is 1. The zero-order valence-electron chi connectivity index (χ0n) is 12.2. The van der Waals surface area contributed by atoms with Gasteiger partial charge < -0.3 is 10.1 Å². The molecule has 19 heavy (non-hydrogen) atoms. The van der Waals surface area contributed by atoms with Crippen LogP contribution in [0.4, 0.5) is 0 Å². The minimum atomic E-state index is -0.490. The number of methoxy groups -OCH3 is 1. The molecule has 0 aliphatic heterocycles. The highest BCUT2D eigenvalue weighted by Crippen LogP contribution is 2.18. The van der Waals surface area contributed by atoms with Crippen molar-refractivity contribution < 1.29 is 14.3 Å². The van der Waals surface area contributed by atoms with E-state index in [-0.39, 0.29) is 18.2 Å². The van der Waals surface area contributed by atoms with Crippen LogP contribution in [0, 0.1) is 12.3 Å². The summed E-state index contributed by atoms with van der Waals surface area (Å²) in [7, 11) is 1.59. The molecule has 4 heteroatoms. The van der Waals surface area contributed by atoms with Gasteiger partial charge in [0.25, 0.3) is 0 Å². The molecule has 0 saturated heterocycles. The van der Waals surface area contributed by atoms with Gasteiger partial charge in [0.2, 0.25) is 5.91 Å². The number of ether oxygens (including phenoxy) is 1. The minimum absolute atomic E-state index is 0.0157. The second kappa shape index (κ2) is 5.87. The van der Waals surface area contributed by atoms with Crippen molar-refractivity contribution in [2.24, 2.45) is 5.41 Å². The average Bonchev–Trinajstić information content (AvgIpc) is 2.34. The Labute approximate surface area is 114 Å². The maximum Gasteiger partial charge on any atom is 0.225 e. The van der Waals surface area contributed by atoms with Gasteiger partial charge in [-0.1, -0.05) is 20.8 Å². The fourth-order valence-corrected chi connectivity index (χ4v) is 1.58. The molecule has 1 rings (SSSR count). The molecular weight excluding hydrogens is 242 g/mol. The first-order valence-electron chi connectivity index (χ1n) is 6.22. The monoisotopic (exact) mass is 263 g/mol. The summed E-state index contributed by atoms with van der Waals surface area (Å²) in [5.74, 6) is 0.504. The molecule has 0 heterocycles. The highest BCUT2D eigenvalue weighted by molar-refractivity contribution is 6.00. The number of amides is 1. The summed E-state index contributed by atoms with van der Waals surface area (Å²) in [5, 5.41) is 2.65. The summed E-state index contributed by atoms with van der Waals surface area (Å²) in [5.41, 5.74) is 0.985. The molecule has 0 aromatic heterocycles. The Kier molecular flexibility index (Phi) is 4.70. The second-order valence-electron chi connectivity index (χ2n) is 5.54. The van der Waals surface area contributed by atoms with Gasteiger partial charge in [-0.25, -0.2) is 0 Å². The van der Waals surface area contributed by atoms with E-state index in [1.807, 2.05) is 27.7 Å². The highest BCUT2D eigenvalue weighted by atomic mass is 16.5. The molecule has 0 spiro atoms.